The summed E-state index contributed by atoms with van der Waals surface area (Å²) in [5.74, 6) is -0.156. The first-order chi connectivity index (χ1) is 12.0. The SMILES string of the molecule is C[C@H](CN1CCOCC1)NC(=O)c1cc(-c2ccc(Cl)cc2)n(C)n1. The molecule has 7 heteroatoms. The maximum Gasteiger partial charge on any atom is 0.272 e. The van der Waals surface area contributed by atoms with Crippen LogP contribution in [0.15, 0.2) is 30.3 Å². The second-order valence-corrected chi connectivity index (χ2v) is 6.77. The monoisotopic (exact) mass is 362 g/mol. The highest BCUT2D eigenvalue weighted by Crippen LogP contribution is 2.22. The Morgan fingerprint density at radius 3 is 2.68 bits per heavy atom. The van der Waals surface area contributed by atoms with E-state index in [2.05, 4.69) is 15.3 Å². The lowest BCUT2D eigenvalue weighted by molar-refractivity contribution is 0.0342. The van der Waals surface area contributed by atoms with Gasteiger partial charge in [-0.15, -0.1) is 0 Å². The molecule has 0 bridgehead atoms. The van der Waals surface area contributed by atoms with E-state index in [1.54, 1.807) is 10.7 Å². The predicted octanol–water partition coefficient (Wildman–Crippen LogP) is 2.19. The van der Waals surface area contributed by atoms with Crippen LogP contribution in [0.3, 0.4) is 0 Å². The van der Waals surface area contributed by atoms with Gasteiger partial charge < -0.3 is 10.1 Å². The molecule has 25 heavy (non-hydrogen) atoms. The Morgan fingerprint density at radius 1 is 1.32 bits per heavy atom. The molecule has 1 saturated heterocycles. The third-order valence-corrected chi connectivity index (χ3v) is 4.52. The number of morpholine rings is 1. The van der Waals surface area contributed by atoms with Crippen LogP contribution in [0.2, 0.25) is 5.02 Å². The van der Waals surface area contributed by atoms with Gasteiger partial charge in [0.05, 0.1) is 18.9 Å². The maximum atomic E-state index is 12.5. The summed E-state index contributed by atoms with van der Waals surface area (Å²) < 4.78 is 7.06. The number of nitrogens with one attached hydrogen (secondary N) is 1. The number of carbonyl (C=O) groups excluding carboxylic acids is 1. The molecule has 6 nitrogen and oxygen atoms in total. The normalized spacial score (nSPS) is 16.6. The van der Waals surface area contributed by atoms with E-state index < -0.39 is 0 Å². The van der Waals surface area contributed by atoms with Gasteiger partial charge in [-0.25, -0.2) is 0 Å². The van der Waals surface area contributed by atoms with Gasteiger partial charge in [-0.3, -0.25) is 14.4 Å². The van der Waals surface area contributed by atoms with Gasteiger partial charge >= 0.3 is 0 Å². The third-order valence-electron chi connectivity index (χ3n) is 4.27. The van der Waals surface area contributed by atoms with Crippen LogP contribution in [0.5, 0.6) is 0 Å². The molecule has 0 radical (unpaired) electrons. The molecular formula is C18H23ClN4O2. The largest absolute Gasteiger partial charge is 0.379 e. The Labute approximate surface area is 152 Å². The minimum Gasteiger partial charge on any atom is -0.379 e. The molecule has 0 aliphatic carbocycles. The van der Waals surface area contributed by atoms with Crippen LogP contribution in [-0.4, -0.2) is 59.5 Å². The van der Waals surface area contributed by atoms with E-state index in [-0.39, 0.29) is 11.9 Å². The number of carbonyl (C=O) groups is 1. The summed E-state index contributed by atoms with van der Waals surface area (Å²) in [5, 5.41) is 8.05. The molecule has 1 aromatic carbocycles. The zero-order chi connectivity index (χ0) is 17.8. The first-order valence-electron chi connectivity index (χ1n) is 8.44. The average Bonchev–Trinajstić information content (AvgIpc) is 2.98. The molecule has 1 aliphatic heterocycles. The van der Waals surface area contributed by atoms with Gasteiger partial charge in [0.2, 0.25) is 0 Å². The molecule has 0 spiro atoms. The van der Waals surface area contributed by atoms with Crippen molar-refractivity contribution in [2.45, 2.75) is 13.0 Å². The number of aryl methyl sites for hydroxylation is 1. The van der Waals surface area contributed by atoms with Crippen molar-refractivity contribution >= 4 is 17.5 Å². The van der Waals surface area contributed by atoms with Crippen LogP contribution in [0.4, 0.5) is 0 Å². The molecule has 1 aliphatic rings. The number of hydrogen-bond donors (Lipinski definition) is 1. The van der Waals surface area contributed by atoms with Crippen LogP contribution in [0.1, 0.15) is 17.4 Å². The van der Waals surface area contributed by atoms with Gasteiger partial charge in [0, 0.05) is 37.7 Å². The van der Waals surface area contributed by atoms with Crippen molar-refractivity contribution in [3.8, 4) is 11.3 Å². The van der Waals surface area contributed by atoms with Crippen LogP contribution in [-0.2, 0) is 11.8 Å². The average molecular weight is 363 g/mol. The zero-order valence-corrected chi connectivity index (χ0v) is 15.3. The van der Waals surface area contributed by atoms with Crippen molar-refractivity contribution in [3.63, 3.8) is 0 Å². The van der Waals surface area contributed by atoms with Crippen molar-refractivity contribution < 1.29 is 9.53 Å². The molecule has 134 valence electrons. The molecule has 3 rings (SSSR count). The third kappa shape index (κ3) is 4.60. The van der Waals surface area contributed by atoms with E-state index in [1.807, 2.05) is 38.2 Å². The number of hydrogen-bond acceptors (Lipinski definition) is 4. The number of rotatable bonds is 5. The summed E-state index contributed by atoms with van der Waals surface area (Å²) in [6.07, 6.45) is 0. The van der Waals surface area contributed by atoms with Crippen LogP contribution < -0.4 is 5.32 Å². The molecule has 1 N–H and O–H groups in total. The van der Waals surface area contributed by atoms with Crippen molar-refractivity contribution in [3.05, 3.63) is 41.0 Å². The second kappa shape index (κ2) is 7.99. The Hall–Kier alpha value is -1.89. The quantitative estimate of drug-likeness (QED) is 0.885. The van der Waals surface area contributed by atoms with Crippen molar-refractivity contribution in [2.75, 3.05) is 32.8 Å². The fraction of sp³-hybridized carbons (Fsp3) is 0.444. The first-order valence-corrected chi connectivity index (χ1v) is 8.81. The maximum absolute atomic E-state index is 12.5. The number of amides is 1. The van der Waals surface area contributed by atoms with Gasteiger partial charge in [-0.2, -0.15) is 5.10 Å². The summed E-state index contributed by atoms with van der Waals surface area (Å²) in [7, 11) is 1.83. The van der Waals surface area contributed by atoms with E-state index in [9.17, 15) is 4.79 Å². The molecule has 0 unspecified atom stereocenters. The Bertz CT molecular complexity index is 723. The number of halogens is 1. The summed E-state index contributed by atoms with van der Waals surface area (Å²) in [4.78, 5) is 14.8. The fourth-order valence-corrected chi connectivity index (χ4v) is 3.11. The number of benzene rings is 1. The molecule has 1 fully saturated rings. The fourth-order valence-electron chi connectivity index (χ4n) is 2.98. The minimum absolute atomic E-state index is 0.0478. The summed E-state index contributed by atoms with van der Waals surface area (Å²) >= 11 is 5.93. The lowest BCUT2D eigenvalue weighted by Gasteiger charge is -2.29. The standard InChI is InChI=1S/C18H23ClN4O2/c1-13(12-23-7-9-25-10-8-23)20-18(24)16-11-17(22(2)21-16)14-3-5-15(19)6-4-14/h3-6,11,13H,7-10,12H2,1-2H3,(H,20,24)/t13-/m1/s1. The van der Waals surface area contributed by atoms with E-state index in [0.29, 0.717) is 10.7 Å². The molecule has 2 aromatic rings. The van der Waals surface area contributed by atoms with Crippen LogP contribution in [0, 0.1) is 0 Å². The van der Waals surface area contributed by atoms with E-state index in [0.717, 1.165) is 44.1 Å². The van der Waals surface area contributed by atoms with E-state index in [1.165, 1.54) is 0 Å². The Kier molecular flexibility index (Phi) is 5.73. The van der Waals surface area contributed by atoms with Gasteiger partial charge in [0.25, 0.3) is 5.91 Å². The molecule has 2 heterocycles. The van der Waals surface area contributed by atoms with Crippen molar-refractivity contribution in [2.24, 2.45) is 7.05 Å². The Balaban J connectivity index is 1.64. The van der Waals surface area contributed by atoms with Gasteiger partial charge in [-0.1, -0.05) is 23.7 Å². The highest BCUT2D eigenvalue weighted by molar-refractivity contribution is 6.30. The predicted molar refractivity (Wildman–Crippen MR) is 97.8 cm³/mol. The van der Waals surface area contributed by atoms with Crippen molar-refractivity contribution in [1.82, 2.24) is 20.0 Å². The zero-order valence-electron chi connectivity index (χ0n) is 14.5. The van der Waals surface area contributed by atoms with Crippen LogP contribution >= 0.6 is 11.6 Å². The summed E-state index contributed by atoms with van der Waals surface area (Å²) in [6, 6.07) is 9.35. The number of nitrogens with zero attached hydrogens (tertiary/aromatic N) is 3. The lowest BCUT2D eigenvalue weighted by atomic mass is 10.1. The Morgan fingerprint density at radius 2 is 2.00 bits per heavy atom. The van der Waals surface area contributed by atoms with Gasteiger partial charge in [0.15, 0.2) is 5.69 Å². The molecule has 1 atom stereocenters. The molecule has 1 amide bonds. The number of aromatic nitrogens is 2. The summed E-state index contributed by atoms with van der Waals surface area (Å²) in [5.41, 5.74) is 2.27. The minimum atomic E-state index is -0.156. The topological polar surface area (TPSA) is 59.4 Å². The van der Waals surface area contributed by atoms with Crippen LogP contribution in [0.25, 0.3) is 11.3 Å². The molecular weight excluding hydrogens is 340 g/mol. The lowest BCUT2D eigenvalue weighted by Crippen LogP contribution is -2.46. The highest BCUT2D eigenvalue weighted by Gasteiger charge is 2.18. The highest BCUT2D eigenvalue weighted by atomic mass is 35.5. The molecule has 0 saturated carbocycles. The van der Waals surface area contributed by atoms with E-state index in [4.69, 9.17) is 16.3 Å². The summed E-state index contributed by atoms with van der Waals surface area (Å²) in [6.45, 7) is 6.15. The van der Waals surface area contributed by atoms with Gasteiger partial charge in [-0.05, 0) is 30.7 Å². The first kappa shape index (κ1) is 17.9. The smallest absolute Gasteiger partial charge is 0.272 e. The molecule has 1 aromatic heterocycles. The van der Waals surface area contributed by atoms with E-state index >= 15 is 0 Å². The van der Waals surface area contributed by atoms with Gasteiger partial charge in [0.1, 0.15) is 0 Å². The number of ether oxygens (including phenoxy) is 1. The second-order valence-electron chi connectivity index (χ2n) is 6.33. The van der Waals surface area contributed by atoms with Crippen molar-refractivity contribution in [1.29, 1.82) is 0 Å².